The van der Waals surface area contributed by atoms with Gasteiger partial charge in [-0.15, -0.1) is 0 Å². The van der Waals surface area contributed by atoms with Gasteiger partial charge in [-0.1, -0.05) is 30.8 Å². The van der Waals surface area contributed by atoms with Crippen LogP contribution in [0.2, 0.25) is 0 Å². The van der Waals surface area contributed by atoms with Gasteiger partial charge in [0.25, 0.3) is 0 Å². The number of methoxy groups -OCH3 is 1. The molecule has 0 spiro atoms. The Hall–Kier alpha value is -2.47. The number of primary amides is 1. The number of para-hydroxylation sites is 2. The van der Waals surface area contributed by atoms with Gasteiger partial charge in [-0.3, -0.25) is 9.36 Å². The second-order valence-electron chi connectivity index (χ2n) is 5.33. The van der Waals surface area contributed by atoms with Crippen LogP contribution in [0.3, 0.4) is 0 Å². The monoisotopic (exact) mass is 341 g/mol. The molecule has 0 aliphatic rings. The number of amides is 1. The van der Waals surface area contributed by atoms with E-state index in [0.717, 1.165) is 27.6 Å². The van der Waals surface area contributed by atoms with Crippen molar-refractivity contribution >= 4 is 28.7 Å². The molecule has 1 atom stereocenters. The minimum atomic E-state index is -0.323. The molecule has 0 aliphatic carbocycles. The summed E-state index contributed by atoms with van der Waals surface area (Å²) in [6, 6.07) is 15.7. The number of nitrogens with two attached hydrogens (primary N) is 1. The van der Waals surface area contributed by atoms with Crippen LogP contribution in [0.15, 0.2) is 53.7 Å². The van der Waals surface area contributed by atoms with E-state index in [1.54, 1.807) is 7.11 Å². The van der Waals surface area contributed by atoms with Gasteiger partial charge in [0.15, 0.2) is 5.16 Å². The highest BCUT2D eigenvalue weighted by Gasteiger charge is 2.20. The first-order valence-corrected chi connectivity index (χ1v) is 8.60. The summed E-state index contributed by atoms with van der Waals surface area (Å²) in [5.41, 5.74) is 8.34. The lowest BCUT2D eigenvalue weighted by molar-refractivity contribution is -0.117. The fourth-order valence-electron chi connectivity index (χ4n) is 2.53. The Balaban J connectivity index is 2.12. The number of aromatic nitrogens is 2. The highest BCUT2D eigenvalue weighted by Crippen LogP contribution is 2.31. The number of imidazole rings is 1. The van der Waals surface area contributed by atoms with Crippen LogP contribution < -0.4 is 10.5 Å². The van der Waals surface area contributed by atoms with Gasteiger partial charge in [-0.25, -0.2) is 4.98 Å². The van der Waals surface area contributed by atoms with Crippen molar-refractivity contribution in [2.24, 2.45) is 5.73 Å². The van der Waals surface area contributed by atoms with E-state index in [0.29, 0.717) is 6.42 Å². The number of ether oxygens (including phenoxy) is 1. The summed E-state index contributed by atoms with van der Waals surface area (Å²) in [6.07, 6.45) is 0.659. The molecule has 1 heterocycles. The van der Waals surface area contributed by atoms with Crippen molar-refractivity contribution < 1.29 is 9.53 Å². The van der Waals surface area contributed by atoms with Gasteiger partial charge in [-0.2, -0.15) is 0 Å². The average Bonchev–Trinajstić information content (AvgIpc) is 2.97. The lowest BCUT2D eigenvalue weighted by atomic mass is 10.2. The maximum atomic E-state index is 11.6. The predicted molar refractivity (Wildman–Crippen MR) is 96.8 cm³/mol. The van der Waals surface area contributed by atoms with Crippen molar-refractivity contribution in [2.45, 2.75) is 23.8 Å². The zero-order valence-electron chi connectivity index (χ0n) is 13.6. The Kier molecular flexibility index (Phi) is 4.76. The molecule has 5 nitrogen and oxygen atoms in total. The van der Waals surface area contributed by atoms with Crippen LogP contribution in [0, 0.1) is 0 Å². The smallest absolute Gasteiger partial charge is 0.231 e. The first kappa shape index (κ1) is 16.4. The topological polar surface area (TPSA) is 70.1 Å². The van der Waals surface area contributed by atoms with E-state index in [9.17, 15) is 4.79 Å². The van der Waals surface area contributed by atoms with Gasteiger partial charge in [0.05, 0.1) is 23.4 Å². The summed E-state index contributed by atoms with van der Waals surface area (Å²) in [4.78, 5) is 16.3. The summed E-state index contributed by atoms with van der Waals surface area (Å²) in [5.74, 6) is 0.469. The minimum absolute atomic E-state index is 0.307. The van der Waals surface area contributed by atoms with Crippen molar-refractivity contribution in [3.63, 3.8) is 0 Å². The second kappa shape index (κ2) is 6.97. The Labute approximate surface area is 144 Å². The van der Waals surface area contributed by atoms with Crippen molar-refractivity contribution in [1.82, 2.24) is 9.55 Å². The first-order valence-electron chi connectivity index (χ1n) is 7.72. The fourth-order valence-corrected chi connectivity index (χ4v) is 3.53. The van der Waals surface area contributed by atoms with E-state index < -0.39 is 0 Å². The summed E-state index contributed by atoms with van der Waals surface area (Å²) >= 11 is 1.40. The van der Waals surface area contributed by atoms with Gasteiger partial charge in [-0.05, 0) is 42.8 Å². The molecule has 3 aromatic rings. The third kappa shape index (κ3) is 3.10. The molecule has 0 saturated carbocycles. The van der Waals surface area contributed by atoms with E-state index >= 15 is 0 Å². The highest BCUT2D eigenvalue weighted by molar-refractivity contribution is 8.00. The van der Waals surface area contributed by atoms with Crippen LogP contribution in [0.4, 0.5) is 0 Å². The molecule has 2 N–H and O–H groups in total. The van der Waals surface area contributed by atoms with Crippen molar-refractivity contribution in [1.29, 1.82) is 0 Å². The van der Waals surface area contributed by atoms with Crippen LogP contribution in [-0.4, -0.2) is 27.8 Å². The molecule has 0 aliphatic heterocycles. The van der Waals surface area contributed by atoms with Crippen LogP contribution in [0.5, 0.6) is 5.75 Å². The van der Waals surface area contributed by atoms with Gasteiger partial charge in [0, 0.05) is 5.69 Å². The van der Waals surface area contributed by atoms with E-state index in [4.69, 9.17) is 10.5 Å². The van der Waals surface area contributed by atoms with Crippen LogP contribution in [0.1, 0.15) is 13.3 Å². The minimum Gasteiger partial charge on any atom is -0.497 e. The Morgan fingerprint density at radius 2 is 1.96 bits per heavy atom. The Bertz CT molecular complexity index is 858. The fraction of sp³-hybridized carbons (Fsp3) is 0.222. The van der Waals surface area contributed by atoms with Crippen molar-refractivity contribution in [3.05, 3.63) is 48.5 Å². The molecule has 1 aromatic heterocycles. The van der Waals surface area contributed by atoms with Crippen molar-refractivity contribution in [3.8, 4) is 11.4 Å². The molecular formula is C18H19N3O2S. The molecule has 0 fully saturated rings. The molecule has 1 unspecified atom stereocenters. The molecule has 124 valence electrons. The predicted octanol–water partition coefficient (Wildman–Crippen LogP) is 3.39. The average molecular weight is 341 g/mol. The zero-order chi connectivity index (χ0) is 17.1. The highest BCUT2D eigenvalue weighted by atomic mass is 32.2. The molecule has 1 amide bonds. The lowest BCUT2D eigenvalue weighted by Crippen LogP contribution is -2.25. The van der Waals surface area contributed by atoms with Crippen LogP contribution >= 0.6 is 11.8 Å². The van der Waals surface area contributed by atoms with Gasteiger partial charge in [0.2, 0.25) is 5.91 Å². The molecule has 3 rings (SSSR count). The summed E-state index contributed by atoms with van der Waals surface area (Å²) in [6.45, 7) is 1.95. The van der Waals surface area contributed by atoms with Gasteiger partial charge in [0.1, 0.15) is 5.75 Å². The number of hydrogen-bond donors (Lipinski definition) is 1. The molecule has 0 saturated heterocycles. The largest absolute Gasteiger partial charge is 0.497 e. The number of carbonyl (C=O) groups is 1. The third-order valence-electron chi connectivity index (χ3n) is 3.80. The molecular weight excluding hydrogens is 322 g/mol. The van der Waals surface area contributed by atoms with Gasteiger partial charge < -0.3 is 10.5 Å². The summed E-state index contributed by atoms with van der Waals surface area (Å²) in [7, 11) is 1.64. The quantitative estimate of drug-likeness (QED) is 0.698. The Morgan fingerprint density at radius 1 is 1.25 bits per heavy atom. The summed E-state index contributed by atoms with van der Waals surface area (Å²) in [5, 5.41) is 0.450. The van der Waals surface area contributed by atoms with E-state index in [2.05, 4.69) is 4.98 Å². The van der Waals surface area contributed by atoms with Crippen LogP contribution in [-0.2, 0) is 4.79 Å². The van der Waals surface area contributed by atoms with Crippen molar-refractivity contribution in [2.75, 3.05) is 7.11 Å². The van der Waals surface area contributed by atoms with Gasteiger partial charge >= 0.3 is 0 Å². The number of thioether (sulfide) groups is 1. The number of benzene rings is 2. The number of fused-ring (bicyclic) bond motifs is 1. The number of hydrogen-bond acceptors (Lipinski definition) is 4. The molecule has 0 radical (unpaired) electrons. The maximum absolute atomic E-state index is 11.6. The number of carbonyl (C=O) groups excluding carboxylic acids is 1. The summed E-state index contributed by atoms with van der Waals surface area (Å²) < 4.78 is 7.27. The Morgan fingerprint density at radius 3 is 2.58 bits per heavy atom. The van der Waals surface area contributed by atoms with Crippen LogP contribution in [0.25, 0.3) is 16.7 Å². The standard InChI is InChI=1S/C18H19N3O2S/c1-3-16(17(19)22)24-18-20-14-6-4-5-7-15(14)21(18)12-8-10-13(23-2)11-9-12/h4-11,16H,3H2,1-2H3,(H2,19,22). The zero-order valence-corrected chi connectivity index (χ0v) is 14.4. The molecule has 0 bridgehead atoms. The first-order chi connectivity index (χ1) is 11.6. The van der Waals surface area contributed by atoms with E-state index in [1.165, 1.54) is 11.8 Å². The molecule has 24 heavy (non-hydrogen) atoms. The normalized spacial score (nSPS) is 12.2. The van der Waals surface area contributed by atoms with E-state index in [1.807, 2.05) is 60.0 Å². The third-order valence-corrected chi connectivity index (χ3v) is 5.13. The number of rotatable bonds is 6. The maximum Gasteiger partial charge on any atom is 0.231 e. The molecule has 2 aromatic carbocycles. The van der Waals surface area contributed by atoms with E-state index in [-0.39, 0.29) is 11.2 Å². The SMILES string of the molecule is CCC(Sc1nc2ccccc2n1-c1ccc(OC)cc1)C(N)=O. The molecule has 6 heteroatoms. The number of nitrogens with zero attached hydrogens (tertiary/aromatic N) is 2. The second-order valence-corrected chi connectivity index (χ2v) is 6.50. The lowest BCUT2D eigenvalue weighted by Gasteiger charge is -2.13.